The highest BCUT2D eigenvalue weighted by Crippen LogP contribution is 2.43. The third kappa shape index (κ3) is 2.63. The lowest BCUT2D eigenvalue weighted by Crippen LogP contribution is -2.42. The molecule has 1 fully saturated rings. The first-order chi connectivity index (χ1) is 10.1. The molecule has 0 N–H and O–H groups in total. The first-order valence-corrected chi connectivity index (χ1v) is 8.26. The number of hydrogen-bond acceptors (Lipinski definition) is 3. The number of nitrogens with zero attached hydrogens (tertiary/aromatic N) is 1. The van der Waals surface area contributed by atoms with Gasteiger partial charge in [0.1, 0.15) is 5.75 Å². The van der Waals surface area contributed by atoms with Gasteiger partial charge in [0.2, 0.25) is 0 Å². The van der Waals surface area contributed by atoms with Gasteiger partial charge in [0.15, 0.2) is 0 Å². The zero-order valence-electron chi connectivity index (χ0n) is 12.4. The third-order valence-electron chi connectivity index (χ3n) is 4.41. The van der Waals surface area contributed by atoms with E-state index in [2.05, 4.69) is 15.9 Å². The maximum atomic E-state index is 12.1. The van der Waals surface area contributed by atoms with Gasteiger partial charge in [0.05, 0.1) is 23.4 Å². The van der Waals surface area contributed by atoms with Crippen LogP contribution in [0.5, 0.6) is 5.75 Å². The van der Waals surface area contributed by atoms with Crippen molar-refractivity contribution in [1.29, 1.82) is 0 Å². The normalized spacial score (nSPS) is 21.5. The molecule has 0 bridgehead atoms. The minimum atomic E-state index is -0.305. The lowest BCUT2D eigenvalue weighted by Gasteiger charge is -2.36. The predicted molar refractivity (Wildman–Crippen MR) is 85.1 cm³/mol. The van der Waals surface area contributed by atoms with Gasteiger partial charge in [0.25, 0.3) is 0 Å². The molecule has 2 aliphatic rings. The Kier molecular flexibility index (Phi) is 4.11. The molecule has 1 aromatic rings. The molecule has 21 heavy (non-hydrogen) atoms. The molecule has 5 heteroatoms. The zero-order chi connectivity index (χ0) is 15.0. The molecule has 4 nitrogen and oxygen atoms in total. The molecule has 1 saturated carbocycles. The second kappa shape index (κ2) is 5.87. The second-order valence-electron chi connectivity index (χ2n) is 5.77. The standard InChI is InChI=1S/C16H20BrNO3/c1-10-6-7-12-14(18(10)16(19)20-2)9-8-13(17)15(12)21-11-4-3-5-11/h8-11H,3-7H2,1-2H3/t10-/m0/s1. The number of carbonyl (C=O) groups excluding carboxylic acids is 1. The monoisotopic (exact) mass is 353 g/mol. The van der Waals surface area contributed by atoms with E-state index >= 15 is 0 Å². The minimum Gasteiger partial charge on any atom is -0.489 e. The Morgan fingerprint density at radius 3 is 2.71 bits per heavy atom. The first-order valence-electron chi connectivity index (χ1n) is 7.47. The number of carbonyl (C=O) groups is 1. The van der Waals surface area contributed by atoms with E-state index < -0.39 is 0 Å². The second-order valence-corrected chi connectivity index (χ2v) is 6.63. The smallest absolute Gasteiger partial charge is 0.414 e. The van der Waals surface area contributed by atoms with Crippen molar-refractivity contribution in [2.75, 3.05) is 12.0 Å². The van der Waals surface area contributed by atoms with Crippen LogP contribution in [0.2, 0.25) is 0 Å². The largest absolute Gasteiger partial charge is 0.489 e. The minimum absolute atomic E-state index is 0.141. The first kappa shape index (κ1) is 14.7. The van der Waals surface area contributed by atoms with Crippen molar-refractivity contribution < 1.29 is 14.3 Å². The molecule has 1 aliphatic carbocycles. The van der Waals surface area contributed by atoms with Gasteiger partial charge in [-0.05, 0) is 67.1 Å². The van der Waals surface area contributed by atoms with Crippen molar-refractivity contribution in [2.45, 2.75) is 51.2 Å². The Balaban J connectivity index is 2.00. The number of fused-ring (bicyclic) bond motifs is 1. The Morgan fingerprint density at radius 2 is 2.10 bits per heavy atom. The molecular weight excluding hydrogens is 334 g/mol. The summed E-state index contributed by atoms with van der Waals surface area (Å²) in [5.41, 5.74) is 2.03. The fraction of sp³-hybridized carbons (Fsp3) is 0.562. The summed E-state index contributed by atoms with van der Waals surface area (Å²) in [7, 11) is 1.42. The van der Waals surface area contributed by atoms with Crippen LogP contribution in [0.25, 0.3) is 0 Å². The van der Waals surface area contributed by atoms with Crippen LogP contribution in [-0.4, -0.2) is 25.3 Å². The summed E-state index contributed by atoms with van der Waals surface area (Å²) in [6, 6.07) is 4.07. The molecule has 1 amide bonds. The fourth-order valence-corrected chi connectivity index (χ4v) is 3.40. The van der Waals surface area contributed by atoms with E-state index in [9.17, 15) is 4.79 Å². The number of rotatable bonds is 2. The number of ether oxygens (including phenoxy) is 2. The van der Waals surface area contributed by atoms with E-state index in [-0.39, 0.29) is 12.1 Å². The number of benzene rings is 1. The van der Waals surface area contributed by atoms with Crippen LogP contribution in [0.1, 0.15) is 38.2 Å². The molecule has 0 aromatic heterocycles. The van der Waals surface area contributed by atoms with Gasteiger partial charge >= 0.3 is 6.09 Å². The number of amides is 1. The molecular formula is C16H20BrNO3. The molecule has 114 valence electrons. The van der Waals surface area contributed by atoms with E-state index in [1.54, 1.807) is 4.90 Å². The number of hydrogen-bond donors (Lipinski definition) is 0. The molecule has 0 radical (unpaired) electrons. The van der Waals surface area contributed by atoms with E-state index in [0.717, 1.165) is 47.2 Å². The summed E-state index contributed by atoms with van der Waals surface area (Å²) < 4.78 is 12.1. The van der Waals surface area contributed by atoms with E-state index in [0.29, 0.717) is 6.10 Å². The summed E-state index contributed by atoms with van der Waals surface area (Å²) in [5, 5.41) is 0. The molecule has 0 saturated heterocycles. The predicted octanol–water partition coefficient (Wildman–Crippen LogP) is 4.29. The van der Waals surface area contributed by atoms with E-state index in [1.807, 2.05) is 19.1 Å². The Morgan fingerprint density at radius 1 is 1.33 bits per heavy atom. The van der Waals surface area contributed by atoms with Crippen molar-refractivity contribution in [2.24, 2.45) is 0 Å². The van der Waals surface area contributed by atoms with Crippen LogP contribution in [0.15, 0.2) is 16.6 Å². The Hall–Kier alpha value is -1.23. The summed E-state index contributed by atoms with van der Waals surface area (Å²) in [4.78, 5) is 13.8. The topological polar surface area (TPSA) is 38.8 Å². The van der Waals surface area contributed by atoms with Crippen LogP contribution < -0.4 is 9.64 Å². The molecule has 1 aromatic carbocycles. The quantitative estimate of drug-likeness (QED) is 0.795. The Bertz CT molecular complexity index is 557. The number of anilines is 1. The summed E-state index contributed by atoms with van der Waals surface area (Å²) in [5.74, 6) is 0.901. The van der Waals surface area contributed by atoms with Crippen molar-refractivity contribution in [3.8, 4) is 5.75 Å². The molecule has 0 unspecified atom stereocenters. The van der Waals surface area contributed by atoms with E-state index in [1.165, 1.54) is 13.5 Å². The van der Waals surface area contributed by atoms with Gasteiger partial charge in [-0.25, -0.2) is 4.79 Å². The molecule has 1 heterocycles. The highest BCUT2D eigenvalue weighted by Gasteiger charge is 2.32. The third-order valence-corrected chi connectivity index (χ3v) is 5.03. The Labute approximate surface area is 133 Å². The van der Waals surface area contributed by atoms with Gasteiger partial charge in [-0.3, -0.25) is 4.90 Å². The molecule has 1 atom stereocenters. The van der Waals surface area contributed by atoms with Gasteiger partial charge in [0, 0.05) is 11.6 Å². The molecule has 0 spiro atoms. The average molecular weight is 354 g/mol. The van der Waals surface area contributed by atoms with Crippen LogP contribution in [0, 0.1) is 0 Å². The summed E-state index contributed by atoms with van der Waals surface area (Å²) in [6.07, 6.45) is 5.33. The van der Waals surface area contributed by atoms with Crippen molar-refractivity contribution in [3.63, 3.8) is 0 Å². The zero-order valence-corrected chi connectivity index (χ0v) is 14.0. The lowest BCUT2D eigenvalue weighted by molar-refractivity contribution is 0.118. The fourth-order valence-electron chi connectivity index (χ4n) is 2.94. The van der Waals surface area contributed by atoms with E-state index in [4.69, 9.17) is 9.47 Å². The van der Waals surface area contributed by atoms with Gasteiger partial charge in [-0.2, -0.15) is 0 Å². The number of methoxy groups -OCH3 is 1. The van der Waals surface area contributed by atoms with Gasteiger partial charge in [-0.15, -0.1) is 0 Å². The average Bonchev–Trinajstić information content (AvgIpc) is 2.43. The van der Waals surface area contributed by atoms with Crippen LogP contribution in [0.3, 0.4) is 0 Å². The maximum Gasteiger partial charge on any atom is 0.414 e. The number of halogens is 1. The van der Waals surface area contributed by atoms with Gasteiger partial charge in [-0.1, -0.05) is 0 Å². The van der Waals surface area contributed by atoms with Crippen molar-refractivity contribution >= 4 is 27.7 Å². The van der Waals surface area contributed by atoms with Crippen molar-refractivity contribution in [1.82, 2.24) is 0 Å². The lowest BCUT2D eigenvalue weighted by atomic mass is 9.94. The summed E-state index contributed by atoms with van der Waals surface area (Å²) >= 11 is 3.59. The molecule has 3 rings (SSSR count). The SMILES string of the molecule is COC(=O)N1c2ccc(Br)c(OC3CCC3)c2CC[C@@H]1C. The van der Waals surface area contributed by atoms with Crippen LogP contribution >= 0.6 is 15.9 Å². The maximum absolute atomic E-state index is 12.1. The highest BCUT2D eigenvalue weighted by atomic mass is 79.9. The van der Waals surface area contributed by atoms with Crippen LogP contribution in [0.4, 0.5) is 10.5 Å². The van der Waals surface area contributed by atoms with Crippen LogP contribution in [-0.2, 0) is 11.2 Å². The van der Waals surface area contributed by atoms with Gasteiger partial charge < -0.3 is 9.47 Å². The van der Waals surface area contributed by atoms with Crippen molar-refractivity contribution in [3.05, 3.63) is 22.2 Å². The molecule has 1 aliphatic heterocycles. The highest BCUT2D eigenvalue weighted by molar-refractivity contribution is 9.10. The summed E-state index contributed by atoms with van der Waals surface area (Å²) in [6.45, 7) is 2.05.